The molecule has 0 fully saturated rings. The van der Waals surface area contributed by atoms with E-state index in [9.17, 15) is 12.8 Å². The third-order valence-corrected chi connectivity index (χ3v) is 4.05. The van der Waals surface area contributed by atoms with Gasteiger partial charge < -0.3 is 0 Å². The van der Waals surface area contributed by atoms with Gasteiger partial charge in [0.05, 0.1) is 10.2 Å². The lowest BCUT2D eigenvalue weighted by Gasteiger charge is -2.04. The molecule has 2 aromatic rings. The van der Waals surface area contributed by atoms with Gasteiger partial charge in [-0.1, -0.05) is 18.2 Å². The average molecular weight is 331 g/mol. The maximum Gasteiger partial charge on any atom is 0.247 e. The fraction of sp³-hybridized carbons (Fsp3) is 0.0909. The van der Waals surface area contributed by atoms with E-state index in [-0.39, 0.29) is 10.7 Å². The number of aromatic nitrogens is 2. The number of hydrogen-bond acceptors (Lipinski definition) is 4. The predicted octanol–water partition coefficient (Wildman–Crippen LogP) is 2.35. The summed E-state index contributed by atoms with van der Waals surface area (Å²) in [6, 6.07) is 5.72. The molecule has 18 heavy (non-hydrogen) atoms. The van der Waals surface area contributed by atoms with Gasteiger partial charge in [0.25, 0.3) is 0 Å². The number of hydrogen-bond donors (Lipinski definition) is 0. The fourth-order valence-corrected chi connectivity index (χ4v) is 2.75. The molecule has 1 heterocycles. The normalized spacial score (nSPS) is 11.4. The molecular formula is C11H8BrFN2O2S. The van der Waals surface area contributed by atoms with E-state index in [1.54, 1.807) is 6.07 Å². The molecular weight excluding hydrogens is 323 g/mol. The first-order valence-corrected chi connectivity index (χ1v) is 7.37. The second-order valence-corrected chi connectivity index (χ2v) is 6.33. The van der Waals surface area contributed by atoms with Crippen molar-refractivity contribution in [2.24, 2.45) is 0 Å². The van der Waals surface area contributed by atoms with Crippen molar-refractivity contribution in [3.8, 4) is 0 Å². The molecule has 1 aromatic carbocycles. The van der Waals surface area contributed by atoms with Crippen molar-refractivity contribution < 1.29 is 12.8 Å². The van der Waals surface area contributed by atoms with E-state index in [2.05, 4.69) is 25.9 Å². The van der Waals surface area contributed by atoms with Crippen LogP contribution in [0.4, 0.5) is 4.39 Å². The van der Waals surface area contributed by atoms with Crippen LogP contribution in [0.3, 0.4) is 0 Å². The van der Waals surface area contributed by atoms with Crippen LogP contribution < -0.4 is 0 Å². The molecule has 0 atom stereocenters. The molecule has 0 aliphatic heterocycles. The summed E-state index contributed by atoms with van der Waals surface area (Å²) in [5, 5.41) is -0.311. The number of rotatable bonds is 3. The topological polar surface area (TPSA) is 59.9 Å². The van der Waals surface area contributed by atoms with Crippen molar-refractivity contribution in [1.29, 1.82) is 0 Å². The lowest BCUT2D eigenvalue weighted by molar-refractivity contribution is 0.579. The van der Waals surface area contributed by atoms with E-state index in [0.29, 0.717) is 4.47 Å². The van der Waals surface area contributed by atoms with Crippen LogP contribution in [0.2, 0.25) is 0 Å². The van der Waals surface area contributed by atoms with Crippen molar-refractivity contribution in [1.82, 2.24) is 9.97 Å². The summed E-state index contributed by atoms with van der Waals surface area (Å²) in [5.74, 6) is -1.01. The van der Waals surface area contributed by atoms with Gasteiger partial charge in [0.1, 0.15) is 5.82 Å². The third kappa shape index (κ3) is 2.91. The fourth-order valence-electron chi connectivity index (χ4n) is 1.35. The maximum atomic E-state index is 13.4. The molecule has 0 saturated carbocycles. The highest BCUT2D eigenvalue weighted by atomic mass is 79.9. The van der Waals surface area contributed by atoms with Crippen molar-refractivity contribution in [3.63, 3.8) is 0 Å². The number of sulfone groups is 1. The van der Waals surface area contributed by atoms with Gasteiger partial charge in [-0.2, -0.15) is 0 Å². The monoisotopic (exact) mass is 330 g/mol. The third-order valence-electron chi connectivity index (χ3n) is 2.18. The van der Waals surface area contributed by atoms with E-state index < -0.39 is 21.4 Å². The zero-order valence-corrected chi connectivity index (χ0v) is 11.4. The van der Waals surface area contributed by atoms with Crippen LogP contribution in [-0.4, -0.2) is 18.4 Å². The molecule has 2 rings (SSSR count). The van der Waals surface area contributed by atoms with E-state index in [4.69, 9.17) is 0 Å². The summed E-state index contributed by atoms with van der Waals surface area (Å²) in [4.78, 5) is 7.41. The van der Waals surface area contributed by atoms with Crippen LogP contribution in [0.1, 0.15) is 5.56 Å². The van der Waals surface area contributed by atoms with E-state index in [1.165, 1.54) is 30.6 Å². The molecule has 0 spiro atoms. The Balaban J connectivity index is 2.33. The number of halogens is 2. The van der Waals surface area contributed by atoms with Crippen LogP contribution >= 0.6 is 15.9 Å². The molecule has 0 bridgehead atoms. The summed E-state index contributed by atoms with van der Waals surface area (Å²) in [6.45, 7) is 0. The second kappa shape index (κ2) is 5.11. The van der Waals surface area contributed by atoms with Gasteiger partial charge in [-0.05, 0) is 22.0 Å². The smallest absolute Gasteiger partial charge is 0.226 e. The summed E-state index contributed by atoms with van der Waals surface area (Å²) in [6.07, 6.45) is 2.67. The SMILES string of the molecule is O=S(=O)(Cc1ccccc1F)c1ncc(Br)cn1. The highest BCUT2D eigenvalue weighted by Crippen LogP contribution is 2.16. The van der Waals surface area contributed by atoms with E-state index in [1.807, 2.05) is 0 Å². The Morgan fingerprint density at radius 2 is 1.78 bits per heavy atom. The Morgan fingerprint density at radius 1 is 1.17 bits per heavy atom. The lowest BCUT2D eigenvalue weighted by atomic mass is 10.2. The Labute approximate surface area is 112 Å². The van der Waals surface area contributed by atoms with Crippen LogP contribution in [0.5, 0.6) is 0 Å². The lowest BCUT2D eigenvalue weighted by Crippen LogP contribution is -2.10. The van der Waals surface area contributed by atoms with Crippen LogP contribution in [-0.2, 0) is 15.6 Å². The van der Waals surface area contributed by atoms with Gasteiger partial charge in [-0.25, -0.2) is 22.8 Å². The number of benzene rings is 1. The quantitative estimate of drug-likeness (QED) is 0.810. The van der Waals surface area contributed by atoms with Crippen molar-refractivity contribution in [3.05, 3.63) is 52.5 Å². The first-order chi connectivity index (χ1) is 8.49. The minimum Gasteiger partial charge on any atom is -0.226 e. The Morgan fingerprint density at radius 3 is 2.39 bits per heavy atom. The highest BCUT2D eigenvalue weighted by molar-refractivity contribution is 9.10. The molecule has 0 N–H and O–H groups in total. The Kier molecular flexibility index (Phi) is 3.72. The van der Waals surface area contributed by atoms with E-state index >= 15 is 0 Å². The minimum absolute atomic E-state index is 0.101. The van der Waals surface area contributed by atoms with Crippen molar-refractivity contribution in [2.75, 3.05) is 0 Å². The molecule has 0 aliphatic carbocycles. The molecule has 0 saturated heterocycles. The molecule has 4 nitrogen and oxygen atoms in total. The van der Waals surface area contributed by atoms with Crippen LogP contribution in [0.15, 0.2) is 46.3 Å². The van der Waals surface area contributed by atoms with Crippen LogP contribution in [0.25, 0.3) is 0 Å². The average Bonchev–Trinajstić information content (AvgIpc) is 2.32. The predicted molar refractivity (Wildman–Crippen MR) is 67.0 cm³/mol. The summed E-state index contributed by atoms with van der Waals surface area (Å²) < 4.78 is 37.9. The summed E-state index contributed by atoms with van der Waals surface area (Å²) in [7, 11) is -3.74. The molecule has 0 radical (unpaired) electrons. The van der Waals surface area contributed by atoms with Gasteiger partial charge in [-0.3, -0.25) is 0 Å². The molecule has 7 heteroatoms. The summed E-state index contributed by atoms with van der Waals surface area (Å²) in [5.41, 5.74) is 0.101. The zero-order valence-electron chi connectivity index (χ0n) is 9.05. The standard InChI is InChI=1S/C11H8BrFN2O2S/c12-9-5-14-11(15-6-9)18(16,17)7-8-3-1-2-4-10(8)13/h1-6H,7H2. The van der Waals surface area contributed by atoms with E-state index in [0.717, 1.165) is 0 Å². The molecule has 0 aliphatic rings. The van der Waals surface area contributed by atoms with Gasteiger partial charge in [0.2, 0.25) is 15.0 Å². The molecule has 94 valence electrons. The highest BCUT2D eigenvalue weighted by Gasteiger charge is 2.20. The van der Waals surface area contributed by atoms with Gasteiger partial charge in [0.15, 0.2) is 0 Å². The van der Waals surface area contributed by atoms with Gasteiger partial charge >= 0.3 is 0 Å². The second-order valence-electron chi connectivity index (χ2n) is 3.53. The van der Waals surface area contributed by atoms with Crippen molar-refractivity contribution >= 4 is 25.8 Å². The molecule has 0 amide bonds. The number of nitrogens with zero attached hydrogens (tertiary/aromatic N) is 2. The van der Waals surface area contributed by atoms with Gasteiger partial charge in [0, 0.05) is 18.0 Å². The Hall–Kier alpha value is -1.34. The van der Waals surface area contributed by atoms with Crippen LogP contribution in [0, 0.1) is 5.82 Å². The van der Waals surface area contributed by atoms with Crippen molar-refractivity contribution in [2.45, 2.75) is 10.9 Å². The first-order valence-electron chi connectivity index (χ1n) is 4.93. The first kappa shape index (κ1) is 13.1. The zero-order chi connectivity index (χ0) is 13.2. The largest absolute Gasteiger partial charge is 0.247 e. The molecule has 1 aromatic heterocycles. The maximum absolute atomic E-state index is 13.4. The Bertz CT molecular complexity index is 659. The molecule has 0 unspecified atom stereocenters. The minimum atomic E-state index is -3.74. The van der Waals surface area contributed by atoms with Gasteiger partial charge in [-0.15, -0.1) is 0 Å². The summed E-state index contributed by atoms with van der Waals surface area (Å²) >= 11 is 3.11.